The van der Waals surface area contributed by atoms with E-state index in [4.69, 9.17) is 5.73 Å². The van der Waals surface area contributed by atoms with Gasteiger partial charge in [0.25, 0.3) is 0 Å². The topological polar surface area (TPSA) is 191 Å². The summed E-state index contributed by atoms with van der Waals surface area (Å²) in [5.74, 6) is -2.74. The fraction of sp³-hybridized carbons (Fsp3) is 0.583. The molecule has 1 aromatic rings. The zero-order valence-electron chi connectivity index (χ0n) is 21.1. The number of aliphatic hydroxyl groups excluding tert-OH is 1. The average molecular weight is 527 g/mol. The number of hydrogen-bond donors (Lipinski definition) is 7. The van der Waals surface area contributed by atoms with Gasteiger partial charge in [0, 0.05) is 0 Å². The Kier molecular flexibility index (Phi) is 13.3. The first-order valence-electron chi connectivity index (χ1n) is 11.7. The number of benzene rings is 1. The first-order valence-corrected chi connectivity index (χ1v) is 13.1. The molecule has 0 spiro atoms. The largest absolute Gasteiger partial charge is 0.508 e. The summed E-state index contributed by atoms with van der Waals surface area (Å²) in [6, 6.07) is 1.53. The number of aliphatic hydroxyl groups is 1. The van der Waals surface area contributed by atoms with Crippen molar-refractivity contribution in [1.82, 2.24) is 16.0 Å². The van der Waals surface area contributed by atoms with E-state index in [1.165, 1.54) is 30.8 Å². The van der Waals surface area contributed by atoms with Crippen LogP contribution < -0.4 is 21.7 Å². The highest BCUT2D eigenvalue weighted by molar-refractivity contribution is 7.98. The summed E-state index contributed by atoms with van der Waals surface area (Å²) in [5, 5.41) is 36.4. The van der Waals surface area contributed by atoms with Crippen molar-refractivity contribution in [3.8, 4) is 5.75 Å². The molecule has 0 aromatic heterocycles. The van der Waals surface area contributed by atoms with E-state index in [9.17, 15) is 34.5 Å². The number of thioether (sulfide) groups is 1. The van der Waals surface area contributed by atoms with E-state index in [1.807, 2.05) is 20.1 Å². The number of carbonyl (C=O) groups excluding carboxylic acids is 3. The minimum absolute atomic E-state index is 0.0196. The van der Waals surface area contributed by atoms with Crippen molar-refractivity contribution in [3.63, 3.8) is 0 Å². The third-order valence-electron chi connectivity index (χ3n) is 5.36. The Bertz CT molecular complexity index is 880. The predicted octanol–water partition coefficient (Wildman–Crippen LogP) is -0.0190. The number of rotatable bonds is 15. The smallest absolute Gasteiger partial charge is 0.326 e. The first-order chi connectivity index (χ1) is 16.8. The molecule has 1 rings (SSSR count). The zero-order valence-corrected chi connectivity index (χ0v) is 21.9. The van der Waals surface area contributed by atoms with Gasteiger partial charge in [-0.05, 0) is 61.8 Å². The Balaban J connectivity index is 2.90. The fourth-order valence-corrected chi connectivity index (χ4v) is 3.85. The van der Waals surface area contributed by atoms with Gasteiger partial charge in [-0.2, -0.15) is 11.8 Å². The molecule has 0 fully saturated rings. The lowest BCUT2D eigenvalue weighted by Gasteiger charge is -2.27. The van der Waals surface area contributed by atoms with Crippen molar-refractivity contribution in [1.29, 1.82) is 0 Å². The molecule has 0 bridgehead atoms. The highest BCUT2D eigenvalue weighted by Gasteiger charge is 2.32. The maximum Gasteiger partial charge on any atom is 0.326 e. The highest BCUT2D eigenvalue weighted by atomic mass is 32.2. The number of aliphatic carboxylic acids is 1. The Labute approximate surface area is 215 Å². The second-order valence-corrected chi connectivity index (χ2v) is 10.1. The van der Waals surface area contributed by atoms with E-state index in [2.05, 4.69) is 16.0 Å². The molecule has 0 aliphatic heterocycles. The van der Waals surface area contributed by atoms with Gasteiger partial charge in [0.1, 0.15) is 23.9 Å². The van der Waals surface area contributed by atoms with Gasteiger partial charge < -0.3 is 37.0 Å². The molecular weight excluding hydrogens is 488 g/mol. The summed E-state index contributed by atoms with van der Waals surface area (Å²) >= 11 is 1.45. The zero-order chi connectivity index (χ0) is 27.4. The van der Waals surface area contributed by atoms with Crippen LogP contribution in [0.3, 0.4) is 0 Å². The van der Waals surface area contributed by atoms with Crippen LogP contribution in [-0.2, 0) is 25.6 Å². The molecular formula is C24H38N4O7S. The molecule has 5 unspecified atom stereocenters. The molecule has 8 N–H and O–H groups in total. The first kappa shape index (κ1) is 31.2. The molecule has 0 heterocycles. The molecule has 0 saturated heterocycles. The molecule has 5 atom stereocenters. The van der Waals surface area contributed by atoms with Crippen LogP contribution in [0.5, 0.6) is 5.75 Å². The lowest BCUT2D eigenvalue weighted by molar-refractivity contribution is -0.142. The second kappa shape index (κ2) is 15.3. The van der Waals surface area contributed by atoms with Gasteiger partial charge in [0.2, 0.25) is 17.7 Å². The molecule has 0 aliphatic rings. The van der Waals surface area contributed by atoms with Crippen molar-refractivity contribution >= 4 is 35.5 Å². The van der Waals surface area contributed by atoms with Gasteiger partial charge in [-0.3, -0.25) is 14.4 Å². The molecule has 0 radical (unpaired) electrons. The Morgan fingerprint density at radius 3 is 2.03 bits per heavy atom. The minimum atomic E-state index is -1.39. The van der Waals surface area contributed by atoms with E-state index >= 15 is 0 Å². The quantitative estimate of drug-likeness (QED) is 0.165. The lowest BCUT2D eigenvalue weighted by Crippen LogP contribution is -2.60. The maximum atomic E-state index is 13.0. The average Bonchev–Trinajstić information content (AvgIpc) is 2.79. The Morgan fingerprint density at radius 2 is 1.53 bits per heavy atom. The van der Waals surface area contributed by atoms with Crippen molar-refractivity contribution < 1.29 is 34.5 Å². The second-order valence-electron chi connectivity index (χ2n) is 9.08. The SMILES string of the molecule is CSCCC(NC(=O)C(CC(C)C)NC(=O)C(NC(=O)C(N)Cc1ccc(O)cc1)C(C)O)C(=O)O. The monoisotopic (exact) mass is 526 g/mol. The van der Waals surface area contributed by atoms with Crippen molar-refractivity contribution in [2.24, 2.45) is 11.7 Å². The van der Waals surface area contributed by atoms with Gasteiger partial charge in [0.05, 0.1) is 12.1 Å². The van der Waals surface area contributed by atoms with Crippen LogP contribution in [0, 0.1) is 5.92 Å². The number of carboxylic acids is 1. The number of amides is 3. The number of carboxylic acid groups (broad SMARTS) is 1. The van der Waals surface area contributed by atoms with Gasteiger partial charge >= 0.3 is 5.97 Å². The summed E-state index contributed by atoms with van der Waals surface area (Å²) in [4.78, 5) is 50.0. The number of hydrogen-bond acceptors (Lipinski definition) is 8. The third-order valence-corrected chi connectivity index (χ3v) is 6.00. The molecule has 0 saturated carbocycles. The summed E-state index contributed by atoms with van der Waals surface area (Å²) in [7, 11) is 0. The van der Waals surface area contributed by atoms with Crippen LogP contribution in [-0.4, -0.2) is 81.3 Å². The Morgan fingerprint density at radius 1 is 0.944 bits per heavy atom. The lowest BCUT2D eigenvalue weighted by atomic mass is 10.0. The van der Waals surface area contributed by atoms with Gasteiger partial charge in [-0.15, -0.1) is 0 Å². The normalized spacial score (nSPS) is 15.3. The number of carbonyl (C=O) groups is 4. The maximum absolute atomic E-state index is 13.0. The van der Waals surface area contributed by atoms with Crippen molar-refractivity contribution in [2.75, 3.05) is 12.0 Å². The summed E-state index contributed by atoms with van der Waals surface area (Å²) in [6.45, 7) is 4.99. The Hall–Kier alpha value is -2.83. The fourth-order valence-electron chi connectivity index (χ4n) is 3.37. The van der Waals surface area contributed by atoms with Gasteiger partial charge in [0.15, 0.2) is 0 Å². The summed E-state index contributed by atoms with van der Waals surface area (Å²) in [5.41, 5.74) is 6.66. The number of nitrogens with two attached hydrogens (primary N) is 1. The van der Waals surface area contributed by atoms with Gasteiger partial charge in [-0.1, -0.05) is 26.0 Å². The third kappa shape index (κ3) is 10.8. The number of phenolic OH excluding ortho intramolecular Hbond substituents is 1. The minimum Gasteiger partial charge on any atom is -0.508 e. The summed E-state index contributed by atoms with van der Waals surface area (Å²) in [6.07, 6.45) is 1.09. The molecule has 1 aromatic carbocycles. The van der Waals surface area contributed by atoms with Crippen molar-refractivity contribution in [2.45, 2.75) is 70.3 Å². The number of aromatic hydroxyl groups is 1. The van der Waals surface area contributed by atoms with Crippen LogP contribution in [0.4, 0.5) is 0 Å². The van der Waals surface area contributed by atoms with Crippen molar-refractivity contribution in [3.05, 3.63) is 29.8 Å². The van der Waals surface area contributed by atoms with E-state index in [-0.39, 0.29) is 30.9 Å². The van der Waals surface area contributed by atoms with E-state index in [0.717, 1.165) is 0 Å². The van der Waals surface area contributed by atoms with E-state index in [0.29, 0.717) is 11.3 Å². The summed E-state index contributed by atoms with van der Waals surface area (Å²) < 4.78 is 0. The van der Waals surface area contributed by atoms with Crippen LogP contribution in [0.2, 0.25) is 0 Å². The number of nitrogens with one attached hydrogen (secondary N) is 3. The van der Waals surface area contributed by atoms with Crippen LogP contribution in [0.25, 0.3) is 0 Å². The van der Waals surface area contributed by atoms with E-state index in [1.54, 1.807) is 12.1 Å². The molecule has 202 valence electrons. The highest BCUT2D eigenvalue weighted by Crippen LogP contribution is 2.12. The van der Waals surface area contributed by atoms with Gasteiger partial charge in [-0.25, -0.2) is 4.79 Å². The van der Waals surface area contributed by atoms with Crippen LogP contribution in [0.1, 0.15) is 39.2 Å². The standard InChI is InChI=1S/C24H38N4O7S/c1-13(2)11-19(22(32)26-18(24(34)35)9-10-36-4)27-23(33)20(14(3)29)28-21(31)17(25)12-15-5-7-16(30)8-6-15/h5-8,13-14,17-20,29-30H,9-12,25H2,1-4H3,(H,26,32)(H,27,33)(H,28,31)(H,34,35). The van der Waals surface area contributed by atoms with E-state index < -0.39 is 54.0 Å². The molecule has 36 heavy (non-hydrogen) atoms. The molecule has 12 heteroatoms. The molecule has 3 amide bonds. The number of phenols is 1. The van der Waals surface area contributed by atoms with Crippen LogP contribution >= 0.6 is 11.8 Å². The molecule has 0 aliphatic carbocycles. The predicted molar refractivity (Wildman–Crippen MR) is 137 cm³/mol. The van der Waals surface area contributed by atoms with Crippen LogP contribution in [0.15, 0.2) is 24.3 Å². The molecule has 11 nitrogen and oxygen atoms in total.